The molecule has 0 radical (unpaired) electrons. The highest BCUT2D eigenvalue weighted by atomic mass is 16.5. The summed E-state index contributed by atoms with van der Waals surface area (Å²) in [6.07, 6.45) is 0. The topological polar surface area (TPSA) is 106 Å². The highest BCUT2D eigenvalue weighted by Crippen LogP contribution is 2.23. The summed E-state index contributed by atoms with van der Waals surface area (Å²) >= 11 is 0. The molecule has 0 aliphatic heterocycles. The van der Waals surface area contributed by atoms with Crippen molar-refractivity contribution in [3.8, 4) is 11.5 Å². The molecule has 2 rings (SSSR count). The van der Waals surface area contributed by atoms with Crippen LogP contribution in [0.15, 0.2) is 42.5 Å². The Hall–Kier alpha value is -3.55. The average molecular weight is 428 g/mol. The summed E-state index contributed by atoms with van der Waals surface area (Å²) in [5, 5.41) is 8.28. The molecule has 0 saturated carbocycles. The Kier molecular flexibility index (Phi) is 8.43. The molecule has 31 heavy (non-hydrogen) atoms. The maximum Gasteiger partial charge on any atom is 0.252 e. The Bertz CT molecular complexity index is 903. The number of methoxy groups -OCH3 is 2. The summed E-state index contributed by atoms with van der Waals surface area (Å²) in [4.78, 5) is 37.5. The van der Waals surface area contributed by atoms with Crippen molar-refractivity contribution in [2.24, 2.45) is 5.92 Å². The highest BCUT2D eigenvalue weighted by Gasteiger charge is 2.25. The maximum absolute atomic E-state index is 12.8. The lowest BCUT2D eigenvalue weighted by molar-refractivity contribution is -0.118. The number of anilines is 1. The molecule has 8 heteroatoms. The molecule has 3 amide bonds. The predicted molar refractivity (Wildman–Crippen MR) is 119 cm³/mol. The first-order valence-electron chi connectivity index (χ1n) is 10.0. The Labute approximate surface area is 182 Å². The van der Waals surface area contributed by atoms with E-state index in [4.69, 9.17) is 9.47 Å². The first-order chi connectivity index (χ1) is 14.8. The molecule has 0 fully saturated rings. The molecule has 1 unspecified atom stereocenters. The van der Waals surface area contributed by atoms with E-state index in [1.165, 1.54) is 14.2 Å². The van der Waals surface area contributed by atoms with E-state index in [1.54, 1.807) is 42.5 Å². The minimum absolute atomic E-state index is 0.161. The van der Waals surface area contributed by atoms with Gasteiger partial charge in [-0.25, -0.2) is 0 Å². The van der Waals surface area contributed by atoms with E-state index >= 15 is 0 Å². The zero-order valence-electron chi connectivity index (χ0n) is 18.4. The molecule has 0 bridgehead atoms. The van der Waals surface area contributed by atoms with Gasteiger partial charge < -0.3 is 25.4 Å². The van der Waals surface area contributed by atoms with E-state index in [9.17, 15) is 14.4 Å². The van der Waals surface area contributed by atoms with Crippen LogP contribution in [0, 0.1) is 5.92 Å². The van der Waals surface area contributed by atoms with Gasteiger partial charge in [0.1, 0.15) is 17.5 Å². The SMILES string of the molecule is CCNC(=O)c1ccc(NC(=O)C(NC(=O)c2cc(OC)cc(OC)c2)C(C)C)cc1. The summed E-state index contributed by atoms with van der Waals surface area (Å²) in [5.41, 5.74) is 1.35. The second kappa shape index (κ2) is 11.0. The molecular formula is C23H29N3O5. The minimum Gasteiger partial charge on any atom is -0.497 e. The third-order valence-electron chi connectivity index (χ3n) is 4.60. The Morgan fingerprint density at radius 1 is 0.871 bits per heavy atom. The zero-order chi connectivity index (χ0) is 23.0. The molecule has 0 aromatic heterocycles. The third kappa shape index (κ3) is 6.47. The number of hydrogen-bond donors (Lipinski definition) is 3. The molecule has 3 N–H and O–H groups in total. The van der Waals surface area contributed by atoms with Crippen LogP contribution in [0.2, 0.25) is 0 Å². The second-order valence-corrected chi connectivity index (χ2v) is 7.22. The molecule has 166 valence electrons. The van der Waals surface area contributed by atoms with Crippen LogP contribution in [0.4, 0.5) is 5.69 Å². The monoisotopic (exact) mass is 427 g/mol. The fourth-order valence-corrected chi connectivity index (χ4v) is 2.89. The van der Waals surface area contributed by atoms with Crippen LogP contribution in [0.25, 0.3) is 0 Å². The molecule has 2 aromatic rings. The molecule has 0 spiro atoms. The van der Waals surface area contributed by atoms with Gasteiger partial charge in [0.15, 0.2) is 0 Å². The van der Waals surface area contributed by atoms with Crippen LogP contribution < -0.4 is 25.4 Å². The van der Waals surface area contributed by atoms with Crippen molar-refractivity contribution in [3.05, 3.63) is 53.6 Å². The normalized spacial score (nSPS) is 11.4. The van der Waals surface area contributed by atoms with E-state index < -0.39 is 11.9 Å². The quantitative estimate of drug-likeness (QED) is 0.571. The first-order valence-corrected chi connectivity index (χ1v) is 10.0. The number of benzene rings is 2. The van der Waals surface area contributed by atoms with Gasteiger partial charge in [-0.05, 0) is 49.2 Å². The van der Waals surface area contributed by atoms with E-state index in [0.29, 0.717) is 34.9 Å². The van der Waals surface area contributed by atoms with Crippen LogP contribution in [0.3, 0.4) is 0 Å². The number of hydrogen-bond acceptors (Lipinski definition) is 5. The van der Waals surface area contributed by atoms with Gasteiger partial charge in [-0.1, -0.05) is 13.8 Å². The lowest BCUT2D eigenvalue weighted by Crippen LogP contribution is -2.47. The number of rotatable bonds is 9. The van der Waals surface area contributed by atoms with Crippen LogP contribution >= 0.6 is 0 Å². The van der Waals surface area contributed by atoms with Gasteiger partial charge in [0.25, 0.3) is 11.8 Å². The number of ether oxygens (including phenoxy) is 2. The highest BCUT2D eigenvalue weighted by molar-refractivity contribution is 6.02. The van der Waals surface area contributed by atoms with Crippen molar-refractivity contribution in [1.82, 2.24) is 10.6 Å². The fraction of sp³-hybridized carbons (Fsp3) is 0.348. The molecule has 0 saturated heterocycles. The predicted octanol–water partition coefficient (Wildman–Crippen LogP) is 2.85. The van der Waals surface area contributed by atoms with Crippen molar-refractivity contribution in [3.63, 3.8) is 0 Å². The van der Waals surface area contributed by atoms with Crippen molar-refractivity contribution in [2.75, 3.05) is 26.1 Å². The molecule has 0 heterocycles. The summed E-state index contributed by atoms with van der Waals surface area (Å²) < 4.78 is 10.4. The van der Waals surface area contributed by atoms with Crippen molar-refractivity contribution in [1.29, 1.82) is 0 Å². The number of carbonyl (C=O) groups is 3. The standard InChI is InChI=1S/C23H29N3O5/c1-6-24-21(27)15-7-9-17(10-8-15)25-23(29)20(14(2)3)26-22(28)16-11-18(30-4)13-19(12-16)31-5/h7-14,20H,6H2,1-5H3,(H,24,27)(H,25,29)(H,26,28). The van der Waals surface area contributed by atoms with Gasteiger partial charge in [0, 0.05) is 29.4 Å². The van der Waals surface area contributed by atoms with Crippen molar-refractivity contribution < 1.29 is 23.9 Å². The van der Waals surface area contributed by atoms with Crippen LogP contribution in [-0.4, -0.2) is 44.5 Å². The smallest absolute Gasteiger partial charge is 0.252 e. The average Bonchev–Trinajstić information content (AvgIpc) is 2.77. The number of amides is 3. The molecule has 1 atom stereocenters. The molecular weight excluding hydrogens is 398 g/mol. The number of nitrogens with one attached hydrogen (secondary N) is 3. The van der Waals surface area contributed by atoms with E-state index in [2.05, 4.69) is 16.0 Å². The van der Waals surface area contributed by atoms with Gasteiger partial charge >= 0.3 is 0 Å². The van der Waals surface area contributed by atoms with Crippen LogP contribution in [-0.2, 0) is 4.79 Å². The third-order valence-corrected chi connectivity index (χ3v) is 4.60. The van der Waals surface area contributed by atoms with Crippen LogP contribution in [0.1, 0.15) is 41.5 Å². The van der Waals surface area contributed by atoms with Gasteiger partial charge in [-0.3, -0.25) is 14.4 Å². The largest absolute Gasteiger partial charge is 0.497 e. The lowest BCUT2D eigenvalue weighted by Gasteiger charge is -2.22. The summed E-state index contributed by atoms with van der Waals surface area (Å²) in [7, 11) is 3.00. The zero-order valence-corrected chi connectivity index (χ0v) is 18.4. The second-order valence-electron chi connectivity index (χ2n) is 7.22. The lowest BCUT2D eigenvalue weighted by atomic mass is 10.0. The molecule has 0 aliphatic rings. The van der Waals surface area contributed by atoms with E-state index in [-0.39, 0.29) is 17.7 Å². The Morgan fingerprint density at radius 3 is 1.94 bits per heavy atom. The van der Waals surface area contributed by atoms with Crippen molar-refractivity contribution >= 4 is 23.4 Å². The first kappa shape index (κ1) is 23.7. The number of carbonyl (C=O) groups excluding carboxylic acids is 3. The molecule has 8 nitrogen and oxygen atoms in total. The maximum atomic E-state index is 12.8. The van der Waals surface area contributed by atoms with E-state index in [0.717, 1.165) is 0 Å². The van der Waals surface area contributed by atoms with Gasteiger partial charge in [-0.15, -0.1) is 0 Å². The Morgan fingerprint density at radius 2 is 1.45 bits per heavy atom. The van der Waals surface area contributed by atoms with Gasteiger partial charge in [-0.2, -0.15) is 0 Å². The minimum atomic E-state index is -0.771. The fourth-order valence-electron chi connectivity index (χ4n) is 2.89. The molecule has 2 aromatic carbocycles. The van der Waals surface area contributed by atoms with Gasteiger partial charge in [0.05, 0.1) is 14.2 Å². The van der Waals surface area contributed by atoms with Crippen LogP contribution in [0.5, 0.6) is 11.5 Å². The summed E-state index contributed by atoms with van der Waals surface area (Å²) in [6, 6.07) is 10.6. The Balaban J connectivity index is 2.12. The van der Waals surface area contributed by atoms with Crippen molar-refractivity contribution in [2.45, 2.75) is 26.8 Å². The summed E-state index contributed by atoms with van der Waals surface area (Å²) in [5.74, 6) is -0.168. The molecule has 0 aliphatic carbocycles. The summed E-state index contributed by atoms with van der Waals surface area (Å²) in [6.45, 7) is 6.06. The van der Waals surface area contributed by atoms with Gasteiger partial charge in [0.2, 0.25) is 5.91 Å². The van der Waals surface area contributed by atoms with E-state index in [1.807, 2.05) is 20.8 Å².